The van der Waals surface area contributed by atoms with Crippen molar-refractivity contribution in [2.75, 3.05) is 11.9 Å². The van der Waals surface area contributed by atoms with E-state index in [0.29, 0.717) is 22.7 Å². The molecule has 0 spiro atoms. The van der Waals surface area contributed by atoms with Gasteiger partial charge in [0, 0.05) is 11.1 Å². The Morgan fingerprint density at radius 3 is 2.45 bits per heavy atom. The van der Waals surface area contributed by atoms with Crippen LogP contribution < -0.4 is 11.1 Å². The summed E-state index contributed by atoms with van der Waals surface area (Å²) in [6.45, 7) is -0.176. The van der Waals surface area contributed by atoms with Crippen LogP contribution in [0.2, 0.25) is 0 Å². The lowest BCUT2D eigenvalue weighted by molar-refractivity contribution is -0.114. The Balaban J connectivity index is 1.64. The molecular weight excluding hydrogens is 366 g/mol. The van der Waals surface area contributed by atoms with Crippen molar-refractivity contribution in [3.05, 3.63) is 89.9 Å². The lowest BCUT2D eigenvalue weighted by Gasteiger charge is -2.12. The van der Waals surface area contributed by atoms with Gasteiger partial charge in [0.1, 0.15) is 18.1 Å². The molecule has 5 N–H and O–H groups in total. The van der Waals surface area contributed by atoms with E-state index in [-0.39, 0.29) is 30.4 Å². The Hall–Kier alpha value is -4.00. The summed E-state index contributed by atoms with van der Waals surface area (Å²) >= 11 is 0. The highest BCUT2D eigenvalue weighted by molar-refractivity contribution is 6.15. The lowest BCUT2D eigenvalue weighted by Crippen LogP contribution is -2.22. The van der Waals surface area contributed by atoms with Crippen molar-refractivity contribution in [1.29, 1.82) is 10.8 Å². The lowest BCUT2D eigenvalue weighted by atomic mass is 10.0. The van der Waals surface area contributed by atoms with E-state index >= 15 is 0 Å². The molecule has 1 amide bonds. The molecule has 0 aliphatic heterocycles. The Morgan fingerprint density at radius 2 is 1.72 bits per heavy atom. The number of carbonyl (C=O) groups is 1. The maximum absolute atomic E-state index is 12.3. The maximum Gasteiger partial charge on any atom is 0.246 e. The second-order valence-corrected chi connectivity index (χ2v) is 6.27. The third-order valence-electron chi connectivity index (χ3n) is 4.14. The predicted molar refractivity (Wildman–Crippen MR) is 114 cm³/mol. The third kappa shape index (κ3) is 5.26. The van der Waals surface area contributed by atoms with Gasteiger partial charge in [0.05, 0.1) is 29.8 Å². The zero-order valence-electron chi connectivity index (χ0n) is 15.7. The summed E-state index contributed by atoms with van der Waals surface area (Å²) < 4.78 is 5.14. The number of hydrogen-bond donors (Lipinski definition) is 4. The molecule has 29 heavy (non-hydrogen) atoms. The van der Waals surface area contributed by atoms with E-state index in [1.54, 1.807) is 30.3 Å². The van der Waals surface area contributed by atoms with Crippen LogP contribution in [0, 0.1) is 10.8 Å². The molecule has 0 aliphatic rings. The summed E-state index contributed by atoms with van der Waals surface area (Å²) in [5.74, 6) is 0.235. The number of para-hydroxylation sites is 1. The van der Waals surface area contributed by atoms with Crippen molar-refractivity contribution in [3.63, 3.8) is 0 Å². The Kier molecular flexibility index (Phi) is 6.32. The quantitative estimate of drug-likeness (QED) is 0.349. The van der Waals surface area contributed by atoms with Gasteiger partial charge in [0.25, 0.3) is 0 Å². The highest BCUT2D eigenvalue weighted by Crippen LogP contribution is 2.19. The molecule has 0 radical (unpaired) electrons. The first kappa shape index (κ1) is 19.8. The van der Waals surface area contributed by atoms with Gasteiger partial charge in [-0.3, -0.25) is 15.2 Å². The molecule has 0 aliphatic carbocycles. The van der Waals surface area contributed by atoms with Gasteiger partial charge < -0.3 is 20.9 Å². The third-order valence-corrected chi connectivity index (χ3v) is 4.14. The van der Waals surface area contributed by atoms with Gasteiger partial charge in [-0.05, 0) is 18.2 Å². The van der Waals surface area contributed by atoms with E-state index in [4.69, 9.17) is 21.0 Å². The largest absolute Gasteiger partial charge is 0.463 e. The number of nitrogens with two attached hydrogens (primary N) is 1. The van der Waals surface area contributed by atoms with E-state index in [2.05, 4.69) is 10.3 Å². The standard InChI is InChI=1S/C22H21N5O2/c23-17(19-11-6-12-29-19)13-20(24)26-14-21(28)27-18-10-5-4-9-16(18)22(25)15-7-2-1-3-8-15/h1-12,23,25H,13-14H2,(H2,24,26)(H,27,28). The SMILES string of the molecule is N=C(CC(N)=NCC(=O)Nc1ccccc1C(=N)c1ccccc1)c1ccco1. The minimum atomic E-state index is -0.356. The number of furan rings is 1. The molecule has 3 rings (SSSR count). The zero-order valence-corrected chi connectivity index (χ0v) is 15.7. The Morgan fingerprint density at radius 1 is 1.00 bits per heavy atom. The molecule has 146 valence electrons. The number of aliphatic imine (C=N–C) groups is 1. The van der Waals surface area contributed by atoms with Crippen molar-refractivity contribution >= 4 is 28.9 Å². The summed E-state index contributed by atoms with van der Waals surface area (Å²) in [6.07, 6.45) is 1.57. The number of anilines is 1. The number of nitrogens with zero attached hydrogens (tertiary/aromatic N) is 1. The number of benzene rings is 2. The molecular formula is C22H21N5O2. The Labute approximate surface area is 168 Å². The van der Waals surface area contributed by atoms with Crippen LogP contribution in [0.3, 0.4) is 0 Å². The molecule has 0 fully saturated rings. The van der Waals surface area contributed by atoms with Gasteiger partial charge in [-0.25, -0.2) is 0 Å². The van der Waals surface area contributed by atoms with Crippen molar-refractivity contribution in [1.82, 2.24) is 0 Å². The number of nitrogens with one attached hydrogen (secondary N) is 3. The molecule has 0 bridgehead atoms. The highest BCUT2D eigenvalue weighted by Gasteiger charge is 2.12. The van der Waals surface area contributed by atoms with Crippen LogP contribution in [-0.2, 0) is 4.79 Å². The minimum absolute atomic E-state index is 0.0933. The van der Waals surface area contributed by atoms with Crippen molar-refractivity contribution in [3.8, 4) is 0 Å². The van der Waals surface area contributed by atoms with E-state index in [1.807, 2.05) is 36.4 Å². The van der Waals surface area contributed by atoms with Crippen LogP contribution in [0.1, 0.15) is 23.3 Å². The average Bonchev–Trinajstić information content (AvgIpc) is 3.28. The van der Waals surface area contributed by atoms with Crippen LogP contribution in [0.4, 0.5) is 5.69 Å². The van der Waals surface area contributed by atoms with Crippen LogP contribution in [0.15, 0.2) is 82.4 Å². The fourth-order valence-electron chi connectivity index (χ4n) is 2.71. The normalized spacial score (nSPS) is 11.1. The van der Waals surface area contributed by atoms with Crippen molar-refractivity contribution in [2.45, 2.75) is 6.42 Å². The monoisotopic (exact) mass is 387 g/mol. The van der Waals surface area contributed by atoms with Crippen LogP contribution >= 0.6 is 0 Å². The first-order chi connectivity index (χ1) is 14.0. The number of amidine groups is 1. The molecule has 2 aromatic carbocycles. The van der Waals surface area contributed by atoms with Crippen molar-refractivity contribution < 1.29 is 9.21 Å². The average molecular weight is 387 g/mol. The summed E-state index contributed by atoms with van der Waals surface area (Å²) in [5.41, 5.74) is 8.24. The molecule has 0 atom stereocenters. The fourth-order valence-corrected chi connectivity index (χ4v) is 2.71. The van der Waals surface area contributed by atoms with Crippen LogP contribution in [0.5, 0.6) is 0 Å². The fraction of sp³-hybridized carbons (Fsp3) is 0.0909. The smallest absolute Gasteiger partial charge is 0.246 e. The van der Waals surface area contributed by atoms with E-state index in [9.17, 15) is 4.79 Å². The molecule has 0 unspecified atom stereocenters. The van der Waals surface area contributed by atoms with Gasteiger partial charge in [-0.2, -0.15) is 0 Å². The number of rotatable bonds is 8. The highest BCUT2D eigenvalue weighted by atomic mass is 16.3. The molecule has 1 aromatic heterocycles. The van der Waals surface area contributed by atoms with Gasteiger partial charge in [0.2, 0.25) is 5.91 Å². The predicted octanol–water partition coefficient (Wildman–Crippen LogP) is 3.45. The van der Waals surface area contributed by atoms with E-state index in [1.165, 1.54) is 6.26 Å². The molecule has 7 heteroatoms. The number of hydrogen-bond acceptors (Lipinski definition) is 5. The molecule has 3 aromatic rings. The van der Waals surface area contributed by atoms with Crippen molar-refractivity contribution in [2.24, 2.45) is 10.7 Å². The number of amides is 1. The summed E-state index contributed by atoms with van der Waals surface area (Å²) in [4.78, 5) is 16.4. The van der Waals surface area contributed by atoms with Gasteiger partial charge >= 0.3 is 0 Å². The Bertz CT molecular complexity index is 1040. The topological polar surface area (TPSA) is 128 Å². The van der Waals surface area contributed by atoms with Crippen LogP contribution in [-0.4, -0.2) is 29.7 Å². The first-order valence-electron chi connectivity index (χ1n) is 8.98. The van der Waals surface area contributed by atoms with Gasteiger partial charge in [-0.1, -0.05) is 48.5 Å². The summed E-state index contributed by atoms with van der Waals surface area (Å²) in [6, 6.07) is 19.8. The van der Waals surface area contributed by atoms with Crippen LogP contribution in [0.25, 0.3) is 0 Å². The molecule has 0 saturated carbocycles. The minimum Gasteiger partial charge on any atom is -0.463 e. The maximum atomic E-state index is 12.3. The summed E-state index contributed by atoms with van der Waals surface area (Å²) in [7, 11) is 0. The van der Waals surface area contributed by atoms with Gasteiger partial charge in [-0.15, -0.1) is 0 Å². The molecule has 0 saturated heterocycles. The second kappa shape index (κ2) is 9.27. The molecule has 7 nitrogen and oxygen atoms in total. The van der Waals surface area contributed by atoms with Gasteiger partial charge in [0.15, 0.2) is 0 Å². The van der Waals surface area contributed by atoms with E-state index in [0.717, 1.165) is 5.56 Å². The zero-order chi connectivity index (χ0) is 20.6. The first-order valence-corrected chi connectivity index (χ1v) is 8.98. The van der Waals surface area contributed by atoms with E-state index < -0.39 is 0 Å². The molecule has 1 heterocycles. The second-order valence-electron chi connectivity index (χ2n) is 6.27. The summed E-state index contributed by atoms with van der Waals surface area (Å²) in [5, 5.41) is 19.1. The number of carbonyl (C=O) groups excluding carboxylic acids is 1.